The van der Waals surface area contributed by atoms with Crippen LogP contribution in [0.1, 0.15) is 73.1 Å². The maximum absolute atomic E-state index is 13.1. The monoisotopic (exact) mass is 573 g/mol. The Morgan fingerprint density at radius 1 is 1.02 bits per heavy atom. The first-order valence-electron chi connectivity index (χ1n) is 14.6. The maximum atomic E-state index is 13.1. The molecule has 11 nitrogen and oxygen atoms in total. The molecule has 1 aromatic carbocycles. The minimum absolute atomic E-state index is 0.0152. The second-order valence-corrected chi connectivity index (χ2v) is 10.7. The number of nitrogens with zero attached hydrogens (tertiary/aromatic N) is 3. The number of carbonyl (C=O) groups excluding carboxylic acids is 5. The van der Waals surface area contributed by atoms with Crippen LogP contribution in [0.5, 0.6) is 5.75 Å². The topological polar surface area (TPSA) is 128 Å². The standard InChI is InChI=1S/C30H47N5O6/c1-5-9-24(37)13-12-23(2)34(4)30(40)25-10-8-11-27(26(25)21-36)41-22-29(39)32-15-7-6-14-31-28(38)20-35-18-16-33(3)17-19-35/h8,10-11,21,23H,5-7,9,12-20,22H2,1-4H3,(H,31,38)(H,32,39). The number of unbranched alkanes of at least 4 members (excludes halogenated alkanes) is 1. The van der Waals surface area contributed by atoms with Gasteiger partial charge in [-0.05, 0) is 51.8 Å². The number of carbonyl (C=O) groups is 5. The van der Waals surface area contributed by atoms with E-state index in [2.05, 4.69) is 27.5 Å². The van der Waals surface area contributed by atoms with E-state index in [4.69, 9.17) is 4.74 Å². The Hall–Kier alpha value is -3.31. The van der Waals surface area contributed by atoms with Gasteiger partial charge >= 0.3 is 0 Å². The number of amides is 3. The number of hydrogen-bond donors (Lipinski definition) is 2. The van der Waals surface area contributed by atoms with Gasteiger partial charge in [0.1, 0.15) is 11.5 Å². The van der Waals surface area contributed by atoms with Crippen molar-refractivity contribution < 1.29 is 28.7 Å². The van der Waals surface area contributed by atoms with Crippen LogP contribution in [0.3, 0.4) is 0 Å². The third kappa shape index (κ3) is 12.0. The molecule has 1 saturated heterocycles. The molecular formula is C30H47N5O6. The maximum Gasteiger partial charge on any atom is 0.257 e. The Kier molecular flexibility index (Phi) is 15.0. The Bertz CT molecular complexity index is 1020. The zero-order valence-corrected chi connectivity index (χ0v) is 25.1. The molecule has 2 N–H and O–H groups in total. The van der Waals surface area contributed by atoms with Crippen molar-refractivity contribution in [2.75, 3.05) is 66.5 Å². The molecule has 1 atom stereocenters. The Morgan fingerprint density at radius 2 is 1.68 bits per heavy atom. The third-order valence-electron chi connectivity index (χ3n) is 7.34. The van der Waals surface area contributed by atoms with Crippen LogP contribution in [-0.2, 0) is 14.4 Å². The van der Waals surface area contributed by atoms with E-state index in [9.17, 15) is 24.0 Å². The Morgan fingerprint density at radius 3 is 2.32 bits per heavy atom. The van der Waals surface area contributed by atoms with Gasteiger partial charge in [-0.2, -0.15) is 0 Å². The summed E-state index contributed by atoms with van der Waals surface area (Å²) in [5, 5.41) is 5.69. The van der Waals surface area contributed by atoms with Crippen molar-refractivity contribution in [2.24, 2.45) is 0 Å². The molecule has 228 valence electrons. The molecule has 0 spiro atoms. The summed E-state index contributed by atoms with van der Waals surface area (Å²) in [4.78, 5) is 67.2. The lowest BCUT2D eigenvalue weighted by Gasteiger charge is -2.31. The fourth-order valence-electron chi connectivity index (χ4n) is 4.50. The molecule has 1 unspecified atom stereocenters. The molecule has 1 aromatic rings. The minimum atomic E-state index is -0.354. The second-order valence-electron chi connectivity index (χ2n) is 10.7. The predicted octanol–water partition coefficient (Wildman–Crippen LogP) is 1.75. The van der Waals surface area contributed by atoms with Crippen LogP contribution < -0.4 is 15.4 Å². The van der Waals surface area contributed by atoms with Crippen LogP contribution in [0.2, 0.25) is 0 Å². The van der Waals surface area contributed by atoms with Crippen molar-refractivity contribution in [1.29, 1.82) is 0 Å². The first-order chi connectivity index (χ1) is 19.7. The number of benzene rings is 1. The van der Waals surface area contributed by atoms with Crippen molar-refractivity contribution in [3.63, 3.8) is 0 Å². The van der Waals surface area contributed by atoms with Crippen molar-refractivity contribution in [3.05, 3.63) is 29.3 Å². The highest BCUT2D eigenvalue weighted by atomic mass is 16.5. The number of piperazine rings is 1. The van der Waals surface area contributed by atoms with E-state index in [1.54, 1.807) is 25.2 Å². The van der Waals surface area contributed by atoms with Crippen LogP contribution in [0.4, 0.5) is 0 Å². The number of ketones is 1. The predicted molar refractivity (Wildman–Crippen MR) is 157 cm³/mol. The number of hydrogen-bond acceptors (Lipinski definition) is 8. The number of rotatable bonds is 18. The molecule has 1 aliphatic rings. The molecule has 2 rings (SSSR count). The SMILES string of the molecule is CCCC(=O)CCC(C)N(C)C(=O)c1cccc(OCC(=O)NCCCCNC(=O)CN2CCN(C)CC2)c1C=O. The Labute approximate surface area is 243 Å². The van der Waals surface area contributed by atoms with Gasteiger partial charge in [0.05, 0.1) is 17.7 Å². The molecular weight excluding hydrogens is 526 g/mol. The molecule has 0 bridgehead atoms. The molecule has 11 heteroatoms. The smallest absolute Gasteiger partial charge is 0.257 e. The van der Waals surface area contributed by atoms with Gasteiger partial charge in [0.2, 0.25) is 5.91 Å². The number of nitrogens with one attached hydrogen (secondary N) is 2. The summed E-state index contributed by atoms with van der Waals surface area (Å²) < 4.78 is 5.59. The van der Waals surface area contributed by atoms with Crippen molar-refractivity contribution in [2.45, 2.75) is 58.4 Å². The lowest BCUT2D eigenvalue weighted by atomic mass is 10.0. The van der Waals surface area contributed by atoms with Gasteiger partial charge in [-0.25, -0.2) is 0 Å². The van der Waals surface area contributed by atoms with E-state index < -0.39 is 0 Å². The van der Waals surface area contributed by atoms with Gasteiger partial charge in [0.15, 0.2) is 12.9 Å². The van der Waals surface area contributed by atoms with Gasteiger partial charge in [0, 0.05) is 65.2 Å². The summed E-state index contributed by atoms with van der Waals surface area (Å²) in [6.45, 7) is 8.63. The highest BCUT2D eigenvalue weighted by molar-refractivity contribution is 6.03. The average molecular weight is 574 g/mol. The highest BCUT2D eigenvalue weighted by Gasteiger charge is 2.23. The lowest BCUT2D eigenvalue weighted by Crippen LogP contribution is -2.48. The summed E-state index contributed by atoms with van der Waals surface area (Å²) in [5.74, 6) is -0.358. The fourth-order valence-corrected chi connectivity index (χ4v) is 4.50. The van der Waals surface area contributed by atoms with E-state index in [1.807, 2.05) is 13.8 Å². The van der Waals surface area contributed by atoms with Crippen LogP contribution in [-0.4, -0.2) is 117 Å². The number of likely N-dealkylation sites (N-methyl/N-ethyl adjacent to an activating group) is 1. The summed E-state index contributed by atoms with van der Waals surface area (Å²) in [7, 11) is 3.72. The largest absolute Gasteiger partial charge is 0.483 e. The molecule has 0 radical (unpaired) electrons. The van der Waals surface area contributed by atoms with E-state index in [1.165, 1.54) is 4.90 Å². The molecule has 1 aliphatic heterocycles. The van der Waals surface area contributed by atoms with Gasteiger partial charge in [-0.15, -0.1) is 0 Å². The summed E-state index contributed by atoms with van der Waals surface area (Å²) >= 11 is 0. The molecule has 0 aliphatic carbocycles. The van der Waals surface area contributed by atoms with E-state index in [0.29, 0.717) is 51.6 Å². The van der Waals surface area contributed by atoms with Gasteiger partial charge in [-0.3, -0.25) is 28.9 Å². The van der Waals surface area contributed by atoms with Gasteiger partial charge < -0.3 is 25.2 Å². The average Bonchev–Trinajstić information content (AvgIpc) is 2.96. The molecule has 0 saturated carbocycles. The summed E-state index contributed by atoms with van der Waals surface area (Å²) in [6, 6.07) is 4.51. The van der Waals surface area contributed by atoms with Gasteiger partial charge in [-0.1, -0.05) is 13.0 Å². The van der Waals surface area contributed by atoms with Crippen LogP contribution in [0.15, 0.2) is 18.2 Å². The highest BCUT2D eigenvalue weighted by Crippen LogP contribution is 2.23. The van der Waals surface area contributed by atoms with E-state index >= 15 is 0 Å². The quantitative estimate of drug-likeness (QED) is 0.201. The zero-order chi connectivity index (χ0) is 30.2. The molecule has 1 heterocycles. The van der Waals surface area contributed by atoms with Crippen LogP contribution >= 0.6 is 0 Å². The molecule has 3 amide bonds. The van der Waals surface area contributed by atoms with E-state index in [0.717, 1.165) is 39.0 Å². The lowest BCUT2D eigenvalue weighted by molar-refractivity contribution is -0.123. The van der Waals surface area contributed by atoms with Crippen molar-refractivity contribution in [1.82, 2.24) is 25.3 Å². The zero-order valence-electron chi connectivity index (χ0n) is 25.1. The van der Waals surface area contributed by atoms with Crippen molar-refractivity contribution >= 4 is 29.8 Å². The molecule has 1 fully saturated rings. The second kappa shape index (κ2) is 18.2. The molecule has 0 aromatic heterocycles. The normalized spacial score (nSPS) is 14.6. The number of aldehydes is 1. The third-order valence-corrected chi connectivity index (χ3v) is 7.34. The molecule has 41 heavy (non-hydrogen) atoms. The minimum Gasteiger partial charge on any atom is -0.483 e. The Balaban J connectivity index is 1.72. The number of Topliss-reactive ketones (excluding diaryl/α,β-unsaturated/α-hetero) is 1. The van der Waals surface area contributed by atoms with Gasteiger partial charge in [0.25, 0.3) is 11.8 Å². The first-order valence-corrected chi connectivity index (χ1v) is 14.6. The van der Waals surface area contributed by atoms with E-state index in [-0.39, 0.29) is 53.0 Å². The van der Waals surface area contributed by atoms with Crippen LogP contribution in [0.25, 0.3) is 0 Å². The fraction of sp³-hybridized carbons (Fsp3) is 0.633. The number of ether oxygens (including phenoxy) is 1. The van der Waals surface area contributed by atoms with Crippen LogP contribution in [0, 0.1) is 0 Å². The first kappa shape index (κ1) is 33.9. The van der Waals surface area contributed by atoms with Crippen molar-refractivity contribution in [3.8, 4) is 5.75 Å². The summed E-state index contributed by atoms with van der Waals surface area (Å²) in [6.07, 6.45) is 4.25. The summed E-state index contributed by atoms with van der Waals surface area (Å²) in [5.41, 5.74) is 0.264.